The second kappa shape index (κ2) is 8.11. The molecule has 0 atom stereocenters. The van der Waals surface area contributed by atoms with Gasteiger partial charge in [-0.3, -0.25) is 0 Å². The highest BCUT2D eigenvalue weighted by Gasteiger charge is 2.36. The zero-order valence-electron chi connectivity index (χ0n) is 15.5. The molecule has 2 fully saturated rings. The lowest BCUT2D eigenvalue weighted by Crippen LogP contribution is -2.55. The number of benzene rings is 2. The van der Waals surface area contributed by atoms with E-state index in [0.717, 1.165) is 56.9 Å². The third kappa shape index (κ3) is 4.31. The molecular weight excluding hydrogens is 340 g/mol. The fraction of sp³-hybridized carbons (Fsp3) is 0.409. The van der Waals surface area contributed by atoms with Gasteiger partial charge in [-0.1, -0.05) is 30.3 Å². The molecule has 0 aliphatic carbocycles. The van der Waals surface area contributed by atoms with Crippen LogP contribution in [0.3, 0.4) is 0 Å². The molecule has 1 spiro atoms. The Labute approximate surface area is 160 Å². The zero-order chi connectivity index (χ0) is 18.5. The van der Waals surface area contributed by atoms with Gasteiger partial charge in [0.25, 0.3) is 0 Å². The first-order valence-corrected chi connectivity index (χ1v) is 9.65. The minimum absolute atomic E-state index is 0.00986. The van der Waals surface area contributed by atoms with Crippen LogP contribution >= 0.6 is 0 Å². The second-order valence-corrected chi connectivity index (χ2v) is 7.30. The van der Waals surface area contributed by atoms with Crippen molar-refractivity contribution >= 4 is 11.7 Å². The summed E-state index contributed by atoms with van der Waals surface area (Å²) in [5.41, 5.74) is 2.73. The molecule has 2 heterocycles. The lowest BCUT2D eigenvalue weighted by Gasteiger charge is -2.44. The molecule has 0 bridgehead atoms. The molecule has 27 heavy (non-hydrogen) atoms. The minimum atomic E-state index is -0.287. The quantitative estimate of drug-likeness (QED) is 0.843. The highest BCUT2D eigenvalue weighted by atomic mass is 16.5. The number of hydrogen-bond donors (Lipinski definition) is 1. The summed E-state index contributed by atoms with van der Waals surface area (Å²) in [6, 6.07) is 17.5. The Morgan fingerprint density at radius 1 is 1.07 bits per heavy atom. The van der Waals surface area contributed by atoms with E-state index >= 15 is 0 Å². The number of morpholine rings is 1. The lowest BCUT2D eigenvalue weighted by atomic mass is 9.90. The number of carbonyl (C=O) groups is 1. The van der Waals surface area contributed by atoms with Crippen LogP contribution in [0.1, 0.15) is 28.8 Å². The van der Waals surface area contributed by atoms with E-state index in [1.165, 1.54) is 0 Å². The van der Waals surface area contributed by atoms with Crippen LogP contribution in [0.25, 0.3) is 0 Å². The van der Waals surface area contributed by atoms with Crippen molar-refractivity contribution in [3.05, 3.63) is 65.7 Å². The third-order valence-electron chi connectivity index (χ3n) is 5.49. The van der Waals surface area contributed by atoms with Gasteiger partial charge in [-0.2, -0.15) is 0 Å². The number of nitrogens with one attached hydrogen (secondary N) is 1. The molecule has 2 aromatic carbocycles. The maximum absolute atomic E-state index is 12.2. The van der Waals surface area contributed by atoms with Crippen molar-refractivity contribution in [1.82, 2.24) is 5.32 Å². The van der Waals surface area contributed by atoms with Gasteiger partial charge < -0.3 is 19.7 Å². The predicted octanol–water partition coefficient (Wildman–Crippen LogP) is 3.00. The molecule has 2 aliphatic heterocycles. The number of nitrogens with zero attached hydrogens (tertiary/aromatic N) is 1. The van der Waals surface area contributed by atoms with Crippen LogP contribution in [-0.4, -0.2) is 44.4 Å². The molecule has 2 aromatic rings. The summed E-state index contributed by atoms with van der Waals surface area (Å²) in [5, 5.41) is 3.45. The summed E-state index contributed by atoms with van der Waals surface area (Å²) in [5.74, 6) is -0.287. The maximum atomic E-state index is 12.2. The molecule has 2 saturated heterocycles. The maximum Gasteiger partial charge on any atom is 0.338 e. The summed E-state index contributed by atoms with van der Waals surface area (Å²) >= 11 is 0. The van der Waals surface area contributed by atoms with E-state index in [0.29, 0.717) is 12.2 Å². The topological polar surface area (TPSA) is 50.8 Å². The van der Waals surface area contributed by atoms with E-state index in [-0.39, 0.29) is 11.6 Å². The predicted molar refractivity (Wildman–Crippen MR) is 105 cm³/mol. The number of anilines is 1. The van der Waals surface area contributed by atoms with Crippen LogP contribution in [0.5, 0.6) is 0 Å². The molecule has 142 valence electrons. The number of piperidine rings is 1. The van der Waals surface area contributed by atoms with Crippen molar-refractivity contribution in [2.75, 3.05) is 37.7 Å². The van der Waals surface area contributed by atoms with Gasteiger partial charge in [-0.25, -0.2) is 4.79 Å². The zero-order valence-corrected chi connectivity index (χ0v) is 15.5. The minimum Gasteiger partial charge on any atom is -0.457 e. The molecule has 0 unspecified atom stereocenters. The molecule has 0 aromatic heterocycles. The van der Waals surface area contributed by atoms with E-state index in [2.05, 4.69) is 10.2 Å². The number of carbonyl (C=O) groups excluding carboxylic acids is 1. The normalized spacial score (nSPS) is 19.0. The van der Waals surface area contributed by atoms with Crippen molar-refractivity contribution in [2.45, 2.75) is 25.0 Å². The van der Waals surface area contributed by atoms with Crippen molar-refractivity contribution in [3.8, 4) is 0 Å². The molecule has 5 nitrogen and oxygen atoms in total. The Morgan fingerprint density at radius 2 is 1.81 bits per heavy atom. The van der Waals surface area contributed by atoms with Gasteiger partial charge in [0.05, 0.1) is 17.8 Å². The van der Waals surface area contributed by atoms with Crippen molar-refractivity contribution in [1.29, 1.82) is 0 Å². The van der Waals surface area contributed by atoms with Crippen LogP contribution in [0.15, 0.2) is 54.6 Å². The van der Waals surface area contributed by atoms with Crippen LogP contribution in [0.2, 0.25) is 0 Å². The number of esters is 1. The SMILES string of the molecule is O=C(OCc1ccccc1)c1ccc(N2CCC3(CC2)CNCCO3)cc1. The number of rotatable bonds is 4. The first-order chi connectivity index (χ1) is 13.2. The van der Waals surface area contributed by atoms with Gasteiger partial charge in [0.15, 0.2) is 0 Å². The molecule has 0 saturated carbocycles. The second-order valence-electron chi connectivity index (χ2n) is 7.30. The average molecular weight is 366 g/mol. The number of hydrogen-bond acceptors (Lipinski definition) is 5. The molecule has 5 heteroatoms. The van der Waals surface area contributed by atoms with Crippen LogP contribution in [0.4, 0.5) is 5.69 Å². The summed E-state index contributed by atoms with van der Waals surface area (Å²) in [6.45, 7) is 4.95. The Bertz CT molecular complexity index is 745. The van der Waals surface area contributed by atoms with E-state index < -0.39 is 0 Å². The van der Waals surface area contributed by atoms with Gasteiger partial charge in [0.2, 0.25) is 0 Å². The van der Waals surface area contributed by atoms with Crippen molar-refractivity contribution < 1.29 is 14.3 Å². The van der Waals surface area contributed by atoms with Crippen LogP contribution in [0, 0.1) is 0 Å². The van der Waals surface area contributed by atoms with Gasteiger partial charge in [0, 0.05) is 31.9 Å². The highest BCUT2D eigenvalue weighted by Crippen LogP contribution is 2.30. The number of ether oxygens (including phenoxy) is 2. The molecule has 0 amide bonds. The Kier molecular flexibility index (Phi) is 5.41. The fourth-order valence-corrected chi connectivity index (χ4v) is 3.82. The smallest absolute Gasteiger partial charge is 0.338 e. The third-order valence-corrected chi connectivity index (χ3v) is 5.49. The highest BCUT2D eigenvalue weighted by molar-refractivity contribution is 5.89. The fourth-order valence-electron chi connectivity index (χ4n) is 3.82. The first-order valence-electron chi connectivity index (χ1n) is 9.65. The van der Waals surface area contributed by atoms with Crippen molar-refractivity contribution in [2.24, 2.45) is 0 Å². The summed E-state index contributed by atoms with van der Waals surface area (Å²) in [7, 11) is 0. The van der Waals surface area contributed by atoms with E-state index in [1.807, 2.05) is 54.6 Å². The van der Waals surface area contributed by atoms with E-state index in [4.69, 9.17) is 9.47 Å². The Morgan fingerprint density at radius 3 is 2.48 bits per heavy atom. The first kappa shape index (κ1) is 18.0. The standard InChI is InChI=1S/C22H26N2O3/c25-21(26-16-18-4-2-1-3-5-18)19-6-8-20(9-7-19)24-13-10-22(11-14-24)17-23-12-15-27-22/h1-9,23H,10-17H2. The molecule has 1 N–H and O–H groups in total. The molecule has 4 rings (SSSR count). The average Bonchev–Trinajstić information content (AvgIpc) is 2.74. The van der Waals surface area contributed by atoms with Gasteiger partial charge in [0.1, 0.15) is 6.61 Å². The van der Waals surface area contributed by atoms with E-state index in [1.54, 1.807) is 0 Å². The largest absolute Gasteiger partial charge is 0.457 e. The van der Waals surface area contributed by atoms with Gasteiger partial charge >= 0.3 is 5.97 Å². The van der Waals surface area contributed by atoms with Crippen LogP contribution in [-0.2, 0) is 16.1 Å². The lowest BCUT2D eigenvalue weighted by molar-refractivity contribution is -0.0799. The Hall–Kier alpha value is -2.37. The molecular formula is C22H26N2O3. The summed E-state index contributed by atoms with van der Waals surface area (Å²) in [4.78, 5) is 14.6. The Balaban J connectivity index is 1.31. The molecule has 0 radical (unpaired) electrons. The molecule has 2 aliphatic rings. The van der Waals surface area contributed by atoms with E-state index in [9.17, 15) is 4.79 Å². The van der Waals surface area contributed by atoms with Gasteiger partial charge in [-0.05, 0) is 42.7 Å². The monoisotopic (exact) mass is 366 g/mol. The summed E-state index contributed by atoms with van der Waals surface area (Å²) in [6.07, 6.45) is 2.06. The summed E-state index contributed by atoms with van der Waals surface area (Å²) < 4.78 is 11.5. The van der Waals surface area contributed by atoms with Crippen LogP contribution < -0.4 is 10.2 Å². The van der Waals surface area contributed by atoms with Crippen molar-refractivity contribution in [3.63, 3.8) is 0 Å². The van der Waals surface area contributed by atoms with Gasteiger partial charge in [-0.15, -0.1) is 0 Å².